The van der Waals surface area contributed by atoms with E-state index in [-0.39, 0.29) is 25.0 Å². The molecule has 0 aromatic carbocycles. The summed E-state index contributed by atoms with van der Waals surface area (Å²) in [5.41, 5.74) is -6.19. The van der Waals surface area contributed by atoms with Crippen molar-refractivity contribution in [1.29, 1.82) is 0 Å². The Bertz CT molecular complexity index is 1370. The molecule has 4 rings (SSSR count). The molecule has 4 aliphatic rings. The first kappa shape index (κ1) is 35.3. The van der Waals surface area contributed by atoms with Crippen LogP contribution in [0.25, 0.3) is 0 Å². The predicted octanol–water partition coefficient (Wildman–Crippen LogP) is 1.86. The fourth-order valence-electron chi connectivity index (χ4n) is 8.58. The Labute approximate surface area is 267 Å². The summed E-state index contributed by atoms with van der Waals surface area (Å²) >= 11 is 0. The van der Waals surface area contributed by atoms with Gasteiger partial charge in [0, 0.05) is 59.8 Å². The highest BCUT2D eigenvalue weighted by atomic mass is 16.6. The predicted molar refractivity (Wildman–Crippen MR) is 154 cm³/mol. The Balaban J connectivity index is 2.23. The number of hydrogen-bond acceptors (Lipinski definition) is 14. The Hall–Kier alpha value is -3.52. The molecule has 0 spiro atoms. The van der Waals surface area contributed by atoms with Crippen LogP contribution in [0.1, 0.15) is 82.1 Å². The second kappa shape index (κ2) is 11.9. The van der Waals surface area contributed by atoms with Gasteiger partial charge < -0.3 is 38.3 Å². The van der Waals surface area contributed by atoms with Crippen LogP contribution in [-0.2, 0) is 61.9 Å². The standard InChI is InChI=1S/C32H44O14/c1-14-21(41-15(2)33)12-32(39)28(45-19(6)37)26-30(10,22(42-16(3)34)11-23-31(26,13-40-23)46-20(7)38)27(44-18(5)36)25(43-17(4)35)24(14)29(32,8)9/h21-23,25-28,39H,11-13H2,1-10H3/t21-,22-,23+,25+,26-,27?,28-,30+,31-,32+/m0/s1. The van der Waals surface area contributed by atoms with Crippen molar-refractivity contribution in [3.8, 4) is 0 Å². The molecule has 1 aliphatic heterocycles. The van der Waals surface area contributed by atoms with E-state index in [0.717, 1.165) is 20.8 Å². The van der Waals surface area contributed by atoms with Crippen LogP contribution in [0.3, 0.4) is 0 Å². The lowest BCUT2D eigenvalue weighted by atomic mass is 9.44. The van der Waals surface area contributed by atoms with Gasteiger partial charge in [-0.05, 0) is 18.1 Å². The third-order valence-electron chi connectivity index (χ3n) is 10.3. The lowest BCUT2D eigenvalue weighted by Crippen LogP contribution is -2.82. The third-order valence-corrected chi connectivity index (χ3v) is 10.3. The van der Waals surface area contributed by atoms with Crippen LogP contribution in [0.15, 0.2) is 11.1 Å². The van der Waals surface area contributed by atoms with Gasteiger partial charge in [-0.25, -0.2) is 0 Å². The molecule has 10 atom stereocenters. The molecule has 256 valence electrons. The number of hydrogen-bond donors (Lipinski definition) is 1. The number of rotatable bonds is 6. The van der Waals surface area contributed by atoms with E-state index < -0.39 is 100 Å². The van der Waals surface area contributed by atoms with E-state index in [0.29, 0.717) is 5.57 Å². The van der Waals surface area contributed by atoms with E-state index in [4.69, 9.17) is 33.2 Å². The SMILES string of the molecule is CC(=O)OC1[C@H](OC(C)=O)C2=C(C)[C@@H](OC(C)=O)C[C@@](O)([C@@H](OC(C)=O)[C@@H]3[C@]4(OC(C)=O)CO[C@@H]4C[C@H](OC(C)=O)[C@@]13C)C2(C)C. The zero-order valence-corrected chi connectivity index (χ0v) is 27.9. The lowest BCUT2D eigenvalue weighted by Gasteiger charge is -2.69. The van der Waals surface area contributed by atoms with E-state index in [2.05, 4.69) is 0 Å². The molecule has 2 bridgehead atoms. The number of aliphatic hydroxyl groups is 1. The number of carbonyl (C=O) groups excluding carboxylic acids is 6. The van der Waals surface area contributed by atoms with Gasteiger partial charge in [0.05, 0.1) is 17.9 Å². The van der Waals surface area contributed by atoms with Crippen molar-refractivity contribution in [3.63, 3.8) is 0 Å². The van der Waals surface area contributed by atoms with Gasteiger partial charge >= 0.3 is 35.8 Å². The normalized spacial score (nSPS) is 39.1. The maximum absolute atomic E-state index is 13.1. The summed E-state index contributed by atoms with van der Waals surface area (Å²) in [6.45, 7) is 13.4. The second-order valence-corrected chi connectivity index (χ2v) is 13.6. The quantitative estimate of drug-likeness (QED) is 0.249. The van der Waals surface area contributed by atoms with Gasteiger partial charge in [-0.3, -0.25) is 28.8 Å². The van der Waals surface area contributed by atoms with Crippen molar-refractivity contribution in [1.82, 2.24) is 0 Å². The minimum atomic E-state index is -2.12. The summed E-state index contributed by atoms with van der Waals surface area (Å²) in [6, 6.07) is 0. The maximum Gasteiger partial charge on any atom is 0.303 e. The topological polar surface area (TPSA) is 187 Å². The van der Waals surface area contributed by atoms with E-state index >= 15 is 0 Å². The summed E-state index contributed by atoms with van der Waals surface area (Å²) in [7, 11) is 0. The molecule has 0 aromatic rings. The molecule has 14 heteroatoms. The first-order valence-electron chi connectivity index (χ1n) is 15.2. The molecule has 46 heavy (non-hydrogen) atoms. The summed E-state index contributed by atoms with van der Waals surface area (Å²) in [5.74, 6) is -5.77. The molecule has 1 saturated heterocycles. The molecule has 0 aromatic heterocycles. The lowest BCUT2D eigenvalue weighted by molar-refractivity contribution is -0.366. The monoisotopic (exact) mass is 652 g/mol. The zero-order chi connectivity index (χ0) is 34.7. The van der Waals surface area contributed by atoms with Crippen molar-refractivity contribution >= 4 is 35.8 Å². The third kappa shape index (κ3) is 5.46. The minimum Gasteiger partial charge on any atom is -0.462 e. The van der Waals surface area contributed by atoms with Crippen LogP contribution in [0.4, 0.5) is 0 Å². The Morgan fingerprint density at radius 1 is 0.739 bits per heavy atom. The molecule has 14 nitrogen and oxygen atoms in total. The Morgan fingerprint density at radius 2 is 1.26 bits per heavy atom. The van der Waals surface area contributed by atoms with Gasteiger partial charge in [0.15, 0.2) is 17.8 Å². The van der Waals surface area contributed by atoms with Crippen LogP contribution in [0.2, 0.25) is 0 Å². The summed E-state index contributed by atoms with van der Waals surface area (Å²) in [5, 5.41) is 13.1. The number of ether oxygens (including phenoxy) is 7. The molecule has 1 unspecified atom stereocenters. The summed E-state index contributed by atoms with van der Waals surface area (Å²) in [4.78, 5) is 76.5. The van der Waals surface area contributed by atoms with Gasteiger partial charge in [0.25, 0.3) is 0 Å². The average molecular weight is 653 g/mol. The average Bonchev–Trinajstić information content (AvgIpc) is 2.87. The second-order valence-electron chi connectivity index (χ2n) is 13.6. The largest absolute Gasteiger partial charge is 0.462 e. The van der Waals surface area contributed by atoms with Gasteiger partial charge in [0.2, 0.25) is 0 Å². The number of fused-ring (bicyclic) bond motifs is 5. The molecule has 3 aliphatic carbocycles. The van der Waals surface area contributed by atoms with E-state index in [1.807, 2.05) is 0 Å². The van der Waals surface area contributed by atoms with E-state index in [9.17, 15) is 33.9 Å². The molecular weight excluding hydrogens is 608 g/mol. The first-order valence-corrected chi connectivity index (χ1v) is 15.2. The van der Waals surface area contributed by atoms with Crippen LogP contribution < -0.4 is 0 Å². The molecular formula is C32H44O14. The molecule has 1 heterocycles. The van der Waals surface area contributed by atoms with Gasteiger partial charge in [-0.15, -0.1) is 0 Å². The fraction of sp³-hybridized carbons (Fsp3) is 0.750. The van der Waals surface area contributed by atoms with E-state index in [1.165, 1.54) is 20.8 Å². The molecule has 0 radical (unpaired) electrons. The van der Waals surface area contributed by atoms with Crippen molar-refractivity contribution < 1.29 is 67.0 Å². The van der Waals surface area contributed by atoms with E-state index in [1.54, 1.807) is 27.7 Å². The van der Waals surface area contributed by atoms with Crippen molar-refractivity contribution in [2.75, 3.05) is 6.61 Å². The highest BCUT2D eigenvalue weighted by molar-refractivity contribution is 5.70. The Morgan fingerprint density at radius 3 is 1.72 bits per heavy atom. The van der Waals surface area contributed by atoms with Crippen LogP contribution in [0, 0.1) is 16.7 Å². The van der Waals surface area contributed by atoms with Crippen LogP contribution in [-0.4, -0.2) is 95.4 Å². The number of esters is 6. The maximum atomic E-state index is 13.1. The molecule has 1 N–H and O–H groups in total. The smallest absolute Gasteiger partial charge is 0.303 e. The number of carbonyl (C=O) groups is 6. The van der Waals surface area contributed by atoms with Gasteiger partial charge in [0.1, 0.15) is 30.0 Å². The molecule has 3 fully saturated rings. The minimum absolute atomic E-state index is 0.0485. The first-order chi connectivity index (χ1) is 21.1. The highest BCUT2D eigenvalue weighted by Gasteiger charge is 2.79. The van der Waals surface area contributed by atoms with Gasteiger partial charge in [-0.1, -0.05) is 20.8 Å². The van der Waals surface area contributed by atoms with Gasteiger partial charge in [-0.2, -0.15) is 0 Å². The summed E-state index contributed by atoms with van der Waals surface area (Å²) < 4.78 is 41.6. The fourth-order valence-corrected chi connectivity index (χ4v) is 8.58. The van der Waals surface area contributed by atoms with Crippen molar-refractivity contribution in [3.05, 3.63) is 11.1 Å². The van der Waals surface area contributed by atoms with Crippen molar-refractivity contribution in [2.24, 2.45) is 16.7 Å². The highest BCUT2D eigenvalue weighted by Crippen LogP contribution is 2.66. The molecule has 2 saturated carbocycles. The summed E-state index contributed by atoms with van der Waals surface area (Å²) in [6.07, 6.45) is -8.02. The van der Waals surface area contributed by atoms with Crippen LogP contribution in [0.5, 0.6) is 0 Å². The zero-order valence-electron chi connectivity index (χ0n) is 27.9. The Kier molecular flexibility index (Phi) is 9.16. The van der Waals surface area contributed by atoms with Crippen molar-refractivity contribution in [2.45, 2.75) is 130 Å². The molecule has 0 amide bonds. The van der Waals surface area contributed by atoms with Crippen LogP contribution >= 0.6 is 0 Å².